The van der Waals surface area contributed by atoms with Crippen LogP contribution in [0.5, 0.6) is 28.7 Å². The van der Waals surface area contributed by atoms with Crippen molar-refractivity contribution in [2.45, 2.75) is 63.8 Å². The molecule has 0 N–H and O–H groups in total. The van der Waals surface area contributed by atoms with E-state index in [0.29, 0.717) is 69.4 Å². The lowest BCUT2D eigenvalue weighted by Crippen LogP contribution is -2.69. The number of piperazine rings is 1. The SMILES string of the molecule is COCOc1c(OC)c(C)cc2c1[C@@H]1C3Cc4c(OC(C)=O)c(C)c5c(c4C(CN4C(=O)c6ccccc6C4=O)N3C(C#N)C(C2)N1C)OCO5. The molecule has 5 aliphatic rings. The fraction of sp³-hybridized carbons (Fsp3) is 0.421. The summed E-state index contributed by atoms with van der Waals surface area (Å²) >= 11 is 0. The summed E-state index contributed by atoms with van der Waals surface area (Å²) in [7, 11) is 5.18. The van der Waals surface area contributed by atoms with Crippen LogP contribution in [-0.2, 0) is 22.4 Å². The van der Waals surface area contributed by atoms with Gasteiger partial charge in [0.2, 0.25) is 6.79 Å². The van der Waals surface area contributed by atoms with E-state index in [0.717, 1.165) is 16.7 Å². The van der Waals surface area contributed by atoms with Crippen LogP contribution in [0.25, 0.3) is 0 Å². The molecule has 4 unspecified atom stereocenters. The highest BCUT2D eigenvalue weighted by Crippen LogP contribution is 2.59. The van der Waals surface area contributed by atoms with Gasteiger partial charge in [-0.05, 0) is 57.0 Å². The standard InChI is InChI=1S/C38H38N4O9/c1-18-11-21-12-25-27(14-39)42-26(31(40(25)4)29(21)35(32(18)47-6)48-16-46-5)13-24-30(36-34(49-17-50-36)19(2)33(24)51-20(3)43)28(42)15-41-37(44)22-9-7-8-10-23(22)38(41)45/h7-11,25-28,31H,12-13,15-17H2,1-6H3/t25?,26?,27?,28?,31-/m0/s1. The number of hydrogen-bond donors (Lipinski definition) is 0. The van der Waals surface area contributed by atoms with E-state index in [-0.39, 0.29) is 32.2 Å². The van der Waals surface area contributed by atoms with Crippen molar-refractivity contribution in [1.29, 1.82) is 5.26 Å². The first-order chi connectivity index (χ1) is 24.6. The van der Waals surface area contributed by atoms with Crippen LogP contribution in [0.4, 0.5) is 0 Å². The summed E-state index contributed by atoms with van der Waals surface area (Å²) in [5.74, 6) is 1.05. The monoisotopic (exact) mass is 694 g/mol. The fourth-order valence-electron chi connectivity index (χ4n) is 9.10. The molecule has 0 radical (unpaired) electrons. The van der Waals surface area contributed by atoms with Crippen LogP contribution in [0.1, 0.15) is 73.1 Å². The van der Waals surface area contributed by atoms with Crippen LogP contribution in [0.2, 0.25) is 0 Å². The van der Waals surface area contributed by atoms with Crippen LogP contribution < -0.4 is 23.7 Å². The number of methoxy groups -OCH3 is 2. The maximum absolute atomic E-state index is 13.9. The first kappa shape index (κ1) is 33.0. The van der Waals surface area contributed by atoms with E-state index in [1.165, 1.54) is 11.8 Å². The van der Waals surface area contributed by atoms with Crippen molar-refractivity contribution in [2.75, 3.05) is 41.4 Å². The zero-order valence-electron chi connectivity index (χ0n) is 29.3. The van der Waals surface area contributed by atoms with Crippen LogP contribution in [0, 0.1) is 25.2 Å². The minimum Gasteiger partial charge on any atom is -0.493 e. The van der Waals surface area contributed by atoms with Crippen LogP contribution in [0.15, 0.2) is 30.3 Å². The lowest BCUT2D eigenvalue weighted by atomic mass is 9.71. The summed E-state index contributed by atoms with van der Waals surface area (Å²) in [6.45, 7) is 4.99. The average molecular weight is 695 g/mol. The maximum Gasteiger partial charge on any atom is 0.308 e. The Bertz CT molecular complexity index is 2020. The molecule has 2 bridgehead atoms. The molecule has 264 valence electrons. The van der Waals surface area contributed by atoms with Crippen molar-refractivity contribution in [2.24, 2.45) is 0 Å². The van der Waals surface area contributed by atoms with E-state index in [2.05, 4.69) is 21.9 Å². The van der Waals surface area contributed by atoms with Gasteiger partial charge in [-0.3, -0.25) is 29.1 Å². The summed E-state index contributed by atoms with van der Waals surface area (Å²) in [5.41, 5.74) is 5.44. The molecule has 0 aliphatic carbocycles. The number of ether oxygens (including phenoxy) is 6. The van der Waals surface area contributed by atoms with Gasteiger partial charge in [0.15, 0.2) is 29.8 Å². The zero-order chi connectivity index (χ0) is 35.9. The maximum atomic E-state index is 13.9. The number of hydrogen-bond acceptors (Lipinski definition) is 12. The second-order valence-electron chi connectivity index (χ2n) is 13.6. The Balaban J connectivity index is 1.38. The summed E-state index contributed by atoms with van der Waals surface area (Å²) in [6.07, 6.45) is 0.877. The summed E-state index contributed by atoms with van der Waals surface area (Å²) in [6, 6.07) is 9.05. The Hall–Kier alpha value is -5.16. The molecule has 5 aliphatic heterocycles. The fourth-order valence-corrected chi connectivity index (χ4v) is 9.10. The number of likely N-dealkylation sites (N-methyl/N-ethyl adjacent to an activating group) is 1. The van der Waals surface area contributed by atoms with Crippen LogP contribution in [0.3, 0.4) is 0 Å². The summed E-state index contributed by atoms with van der Waals surface area (Å²) < 4.78 is 35.6. The third-order valence-corrected chi connectivity index (χ3v) is 11.0. The highest BCUT2D eigenvalue weighted by molar-refractivity contribution is 6.21. The number of benzene rings is 3. The molecule has 13 heteroatoms. The van der Waals surface area contributed by atoms with E-state index in [4.69, 9.17) is 28.4 Å². The quantitative estimate of drug-likeness (QED) is 0.153. The molecule has 2 amide bonds. The number of imide groups is 1. The number of nitriles is 1. The molecule has 8 rings (SSSR count). The molecule has 3 aromatic rings. The van der Waals surface area contributed by atoms with Gasteiger partial charge in [-0.1, -0.05) is 18.2 Å². The third-order valence-electron chi connectivity index (χ3n) is 11.0. The number of aryl methyl sites for hydroxylation is 1. The largest absolute Gasteiger partial charge is 0.493 e. The van der Waals surface area contributed by atoms with Gasteiger partial charge in [0.1, 0.15) is 11.8 Å². The summed E-state index contributed by atoms with van der Waals surface area (Å²) in [5, 5.41) is 11.0. The molecule has 0 saturated carbocycles. The van der Waals surface area contributed by atoms with Crippen molar-refractivity contribution in [3.63, 3.8) is 0 Å². The van der Waals surface area contributed by atoms with Gasteiger partial charge in [-0.25, -0.2) is 0 Å². The molecule has 13 nitrogen and oxygen atoms in total. The highest BCUT2D eigenvalue weighted by atomic mass is 16.7. The molecule has 0 spiro atoms. The second kappa shape index (κ2) is 12.3. The molecule has 1 saturated heterocycles. The van der Waals surface area contributed by atoms with Crippen LogP contribution in [-0.4, -0.2) is 92.0 Å². The van der Waals surface area contributed by atoms with Crippen LogP contribution >= 0.6 is 0 Å². The van der Waals surface area contributed by atoms with Crippen molar-refractivity contribution >= 4 is 17.8 Å². The number of carbonyl (C=O) groups excluding carboxylic acids is 3. The zero-order valence-corrected chi connectivity index (χ0v) is 29.3. The van der Waals surface area contributed by atoms with Gasteiger partial charge < -0.3 is 28.4 Å². The Kier molecular flexibility index (Phi) is 7.94. The molecule has 3 aromatic carbocycles. The highest BCUT2D eigenvalue weighted by Gasteiger charge is 2.58. The van der Waals surface area contributed by atoms with Crippen molar-refractivity contribution in [3.05, 3.63) is 74.8 Å². The first-order valence-electron chi connectivity index (χ1n) is 16.9. The average Bonchev–Trinajstić information content (AvgIpc) is 3.69. The predicted octanol–water partition coefficient (Wildman–Crippen LogP) is 4.02. The Morgan fingerprint density at radius 1 is 0.980 bits per heavy atom. The van der Waals surface area contributed by atoms with Crippen molar-refractivity contribution in [1.82, 2.24) is 14.7 Å². The minimum atomic E-state index is -0.730. The number of amides is 2. The molecule has 1 fully saturated rings. The van der Waals surface area contributed by atoms with Crippen molar-refractivity contribution in [3.8, 4) is 34.8 Å². The molecular weight excluding hydrogens is 656 g/mol. The van der Waals surface area contributed by atoms with Gasteiger partial charge in [0.05, 0.1) is 36.4 Å². The summed E-state index contributed by atoms with van der Waals surface area (Å²) in [4.78, 5) is 46.1. The molecule has 5 heterocycles. The number of carbonyl (C=O) groups is 3. The third kappa shape index (κ3) is 4.73. The van der Waals surface area contributed by atoms with E-state index >= 15 is 0 Å². The van der Waals surface area contributed by atoms with E-state index in [1.807, 2.05) is 20.9 Å². The number of nitrogens with zero attached hydrogens (tertiary/aromatic N) is 4. The smallest absolute Gasteiger partial charge is 0.308 e. The topological polar surface area (TPSA) is 140 Å². The number of esters is 1. The van der Waals surface area contributed by atoms with E-state index < -0.39 is 35.9 Å². The molecule has 0 aromatic heterocycles. The van der Waals surface area contributed by atoms with E-state index in [9.17, 15) is 19.6 Å². The van der Waals surface area contributed by atoms with E-state index in [1.54, 1.807) is 38.5 Å². The predicted molar refractivity (Wildman–Crippen MR) is 180 cm³/mol. The minimum absolute atomic E-state index is 0.00815. The molecule has 5 atom stereocenters. The first-order valence-corrected chi connectivity index (χ1v) is 16.9. The molecular formula is C38H38N4O9. The van der Waals surface area contributed by atoms with Gasteiger partial charge in [0, 0.05) is 54.9 Å². The van der Waals surface area contributed by atoms with Gasteiger partial charge in [0.25, 0.3) is 11.8 Å². The Morgan fingerprint density at radius 2 is 1.69 bits per heavy atom. The van der Waals surface area contributed by atoms with Crippen molar-refractivity contribution < 1.29 is 42.8 Å². The number of rotatable bonds is 7. The van der Waals surface area contributed by atoms with Gasteiger partial charge in [-0.15, -0.1) is 0 Å². The lowest BCUT2D eigenvalue weighted by Gasteiger charge is -2.60. The van der Waals surface area contributed by atoms with Gasteiger partial charge >= 0.3 is 5.97 Å². The Morgan fingerprint density at radius 3 is 2.33 bits per heavy atom. The number of fused-ring (bicyclic) bond motifs is 10. The molecule has 51 heavy (non-hydrogen) atoms. The Labute approximate surface area is 295 Å². The lowest BCUT2D eigenvalue weighted by molar-refractivity contribution is -0.132. The van der Waals surface area contributed by atoms with Gasteiger partial charge in [-0.2, -0.15) is 5.26 Å². The second-order valence-corrected chi connectivity index (χ2v) is 13.6. The normalized spacial score (nSPS) is 24.3.